The smallest absolute Gasteiger partial charge is 0.185 e. The van der Waals surface area contributed by atoms with Crippen LogP contribution in [0.1, 0.15) is 42.8 Å². The fourth-order valence-corrected chi connectivity index (χ4v) is 3.11. The van der Waals surface area contributed by atoms with Gasteiger partial charge in [0.1, 0.15) is 0 Å². The lowest BCUT2D eigenvalue weighted by Gasteiger charge is -2.29. The van der Waals surface area contributed by atoms with Crippen molar-refractivity contribution in [1.29, 1.82) is 0 Å². The van der Waals surface area contributed by atoms with Crippen LogP contribution in [0.2, 0.25) is 0 Å². The molecule has 4 heteroatoms. The quantitative estimate of drug-likeness (QED) is 0.878. The Morgan fingerprint density at radius 3 is 2.69 bits per heavy atom. The average Bonchev–Trinajstić information content (AvgIpc) is 2.53. The first kappa shape index (κ1) is 11.9. The molecule has 2 N–H and O–H groups in total. The number of nitrogens with two attached hydrogens (primary N) is 1. The minimum Gasteiger partial charge on any atom is -0.351 e. The Morgan fingerprint density at radius 1 is 1.56 bits per heavy atom. The fraction of sp³-hybridized carbons (Fsp3) is 0.750. The Kier molecular flexibility index (Phi) is 3.50. The highest BCUT2D eigenvalue weighted by atomic mass is 32.1. The molecule has 0 spiro atoms. The number of hydrogen-bond acceptors (Lipinski definition) is 4. The van der Waals surface area contributed by atoms with Gasteiger partial charge in [-0.05, 0) is 32.6 Å². The first-order valence-corrected chi connectivity index (χ1v) is 6.83. The van der Waals surface area contributed by atoms with Crippen LogP contribution in [0.15, 0.2) is 0 Å². The molecule has 0 aliphatic heterocycles. The van der Waals surface area contributed by atoms with E-state index in [2.05, 4.69) is 23.9 Å². The maximum Gasteiger partial charge on any atom is 0.185 e. The van der Waals surface area contributed by atoms with Gasteiger partial charge in [0.25, 0.3) is 0 Å². The van der Waals surface area contributed by atoms with Crippen molar-refractivity contribution < 1.29 is 0 Å². The van der Waals surface area contributed by atoms with Crippen molar-refractivity contribution in [2.45, 2.75) is 39.2 Å². The first-order chi connectivity index (χ1) is 7.58. The SMILES string of the molecule is Cc1nc(N(C)CC2CCC2)sc1C(C)N. The molecule has 1 aromatic rings. The number of thiazole rings is 1. The topological polar surface area (TPSA) is 42.2 Å². The summed E-state index contributed by atoms with van der Waals surface area (Å²) < 4.78 is 0. The van der Waals surface area contributed by atoms with Gasteiger partial charge in [-0.1, -0.05) is 6.42 Å². The Hall–Kier alpha value is -0.610. The summed E-state index contributed by atoms with van der Waals surface area (Å²) in [6.45, 7) is 5.22. The number of rotatable bonds is 4. The van der Waals surface area contributed by atoms with Crippen LogP contribution in [-0.4, -0.2) is 18.6 Å². The lowest BCUT2D eigenvalue weighted by molar-refractivity contribution is 0.321. The third-order valence-electron chi connectivity index (χ3n) is 3.32. The van der Waals surface area contributed by atoms with Gasteiger partial charge in [0, 0.05) is 24.5 Å². The van der Waals surface area contributed by atoms with E-state index < -0.39 is 0 Å². The van der Waals surface area contributed by atoms with E-state index in [1.807, 2.05) is 6.92 Å². The molecule has 1 saturated carbocycles. The third-order valence-corrected chi connectivity index (χ3v) is 4.79. The van der Waals surface area contributed by atoms with Crippen LogP contribution in [-0.2, 0) is 0 Å². The van der Waals surface area contributed by atoms with Crippen LogP contribution in [0.4, 0.5) is 5.13 Å². The summed E-state index contributed by atoms with van der Waals surface area (Å²) in [7, 11) is 2.14. The van der Waals surface area contributed by atoms with Crippen molar-refractivity contribution in [3.63, 3.8) is 0 Å². The Bertz CT molecular complexity index is 355. The molecule has 1 unspecified atom stereocenters. The highest BCUT2D eigenvalue weighted by molar-refractivity contribution is 7.15. The van der Waals surface area contributed by atoms with Crippen LogP contribution in [0.3, 0.4) is 0 Å². The number of nitrogens with zero attached hydrogens (tertiary/aromatic N) is 2. The molecule has 0 aromatic carbocycles. The predicted octanol–water partition coefficient (Wildman–Crippen LogP) is 2.71. The van der Waals surface area contributed by atoms with Gasteiger partial charge in [-0.15, -0.1) is 11.3 Å². The monoisotopic (exact) mass is 239 g/mol. The van der Waals surface area contributed by atoms with Gasteiger partial charge in [0.2, 0.25) is 0 Å². The van der Waals surface area contributed by atoms with E-state index in [0.717, 1.165) is 23.3 Å². The van der Waals surface area contributed by atoms with Crippen LogP contribution in [0.5, 0.6) is 0 Å². The molecule has 1 fully saturated rings. The normalized spacial score (nSPS) is 18.2. The molecule has 0 bridgehead atoms. The van der Waals surface area contributed by atoms with Gasteiger partial charge in [-0.2, -0.15) is 0 Å². The largest absolute Gasteiger partial charge is 0.351 e. The van der Waals surface area contributed by atoms with Crippen molar-refractivity contribution >= 4 is 16.5 Å². The standard InChI is InChI=1S/C12H21N3S/c1-8(13)11-9(2)14-12(16-11)15(3)7-10-5-4-6-10/h8,10H,4-7,13H2,1-3H3. The molecular weight excluding hydrogens is 218 g/mol. The molecule has 1 aliphatic carbocycles. The van der Waals surface area contributed by atoms with Crippen LogP contribution >= 0.6 is 11.3 Å². The van der Waals surface area contributed by atoms with E-state index in [0.29, 0.717) is 0 Å². The summed E-state index contributed by atoms with van der Waals surface area (Å²) in [5.41, 5.74) is 7.01. The molecule has 1 heterocycles. The Balaban J connectivity index is 2.04. The summed E-state index contributed by atoms with van der Waals surface area (Å²) in [6.07, 6.45) is 4.17. The van der Waals surface area contributed by atoms with Crippen molar-refractivity contribution in [1.82, 2.24) is 4.98 Å². The zero-order valence-electron chi connectivity index (χ0n) is 10.4. The number of hydrogen-bond donors (Lipinski definition) is 1. The van der Waals surface area contributed by atoms with Crippen molar-refractivity contribution in [3.8, 4) is 0 Å². The van der Waals surface area contributed by atoms with E-state index >= 15 is 0 Å². The van der Waals surface area contributed by atoms with Crippen LogP contribution < -0.4 is 10.6 Å². The zero-order valence-corrected chi connectivity index (χ0v) is 11.2. The lowest BCUT2D eigenvalue weighted by atomic mass is 9.85. The molecule has 90 valence electrons. The highest BCUT2D eigenvalue weighted by Gasteiger charge is 2.21. The van der Waals surface area contributed by atoms with E-state index in [4.69, 9.17) is 5.73 Å². The molecule has 1 atom stereocenters. The van der Waals surface area contributed by atoms with Gasteiger partial charge in [-0.25, -0.2) is 4.98 Å². The summed E-state index contributed by atoms with van der Waals surface area (Å²) in [5, 5.41) is 1.12. The van der Waals surface area contributed by atoms with Crippen molar-refractivity contribution in [3.05, 3.63) is 10.6 Å². The summed E-state index contributed by atoms with van der Waals surface area (Å²) >= 11 is 1.74. The number of aromatic nitrogens is 1. The van der Waals surface area contributed by atoms with Crippen LogP contribution in [0, 0.1) is 12.8 Å². The summed E-state index contributed by atoms with van der Waals surface area (Å²) in [5.74, 6) is 0.882. The highest BCUT2D eigenvalue weighted by Crippen LogP contribution is 2.32. The summed E-state index contributed by atoms with van der Waals surface area (Å²) in [4.78, 5) is 8.11. The first-order valence-electron chi connectivity index (χ1n) is 6.02. The maximum absolute atomic E-state index is 5.92. The minimum atomic E-state index is 0.100. The fourth-order valence-electron chi connectivity index (χ4n) is 2.12. The van der Waals surface area contributed by atoms with Gasteiger partial charge in [0.15, 0.2) is 5.13 Å². The van der Waals surface area contributed by atoms with E-state index in [-0.39, 0.29) is 6.04 Å². The van der Waals surface area contributed by atoms with Crippen molar-refractivity contribution in [2.75, 3.05) is 18.5 Å². The van der Waals surface area contributed by atoms with Gasteiger partial charge in [0.05, 0.1) is 5.69 Å². The van der Waals surface area contributed by atoms with Crippen molar-refractivity contribution in [2.24, 2.45) is 11.7 Å². The minimum absolute atomic E-state index is 0.100. The average molecular weight is 239 g/mol. The van der Waals surface area contributed by atoms with Gasteiger partial charge in [-0.3, -0.25) is 0 Å². The molecule has 16 heavy (non-hydrogen) atoms. The molecule has 0 radical (unpaired) electrons. The number of anilines is 1. The van der Waals surface area contributed by atoms with E-state index in [1.54, 1.807) is 11.3 Å². The maximum atomic E-state index is 5.92. The second-order valence-electron chi connectivity index (χ2n) is 4.91. The third kappa shape index (κ3) is 2.38. The molecule has 0 saturated heterocycles. The molecule has 1 aliphatic rings. The zero-order chi connectivity index (χ0) is 11.7. The molecular formula is C12H21N3S. The van der Waals surface area contributed by atoms with Gasteiger partial charge >= 0.3 is 0 Å². The number of aryl methyl sites for hydroxylation is 1. The molecule has 3 nitrogen and oxygen atoms in total. The second kappa shape index (κ2) is 4.72. The van der Waals surface area contributed by atoms with Crippen LogP contribution in [0.25, 0.3) is 0 Å². The predicted molar refractivity (Wildman–Crippen MR) is 70.1 cm³/mol. The Labute approximate surface area is 102 Å². The summed E-state index contributed by atoms with van der Waals surface area (Å²) in [6, 6.07) is 0.100. The molecule has 2 rings (SSSR count). The Morgan fingerprint density at radius 2 is 2.25 bits per heavy atom. The van der Waals surface area contributed by atoms with E-state index in [1.165, 1.54) is 24.1 Å². The molecule has 1 aromatic heterocycles. The van der Waals surface area contributed by atoms with E-state index in [9.17, 15) is 0 Å². The second-order valence-corrected chi connectivity index (χ2v) is 5.92. The lowest BCUT2D eigenvalue weighted by Crippen LogP contribution is -2.29. The molecule has 0 amide bonds. The van der Waals surface area contributed by atoms with Gasteiger partial charge < -0.3 is 10.6 Å².